The molecule has 19 heavy (non-hydrogen) atoms. The van der Waals surface area contributed by atoms with E-state index in [4.69, 9.17) is 46.4 Å². The number of nitrogens with zero attached hydrogens (tertiary/aromatic N) is 1. The van der Waals surface area contributed by atoms with Gasteiger partial charge >= 0.3 is 0 Å². The van der Waals surface area contributed by atoms with Gasteiger partial charge in [0, 0.05) is 41.3 Å². The van der Waals surface area contributed by atoms with Crippen LogP contribution in [0.1, 0.15) is 17.9 Å². The van der Waals surface area contributed by atoms with Crippen molar-refractivity contribution in [1.82, 2.24) is 0 Å². The van der Waals surface area contributed by atoms with E-state index >= 15 is 0 Å². The molecule has 1 atom stereocenters. The molecule has 2 rings (SSSR count). The topological polar surface area (TPSA) is 3.24 Å². The summed E-state index contributed by atoms with van der Waals surface area (Å²) in [5.41, 5.74) is 2.08. The Hall–Kier alpha value is -0.340. The summed E-state index contributed by atoms with van der Waals surface area (Å²) >= 11 is 24.6. The quantitative estimate of drug-likeness (QED) is 0.669. The number of hydrogen-bond acceptors (Lipinski definition) is 1. The number of benzene rings is 1. The maximum Gasteiger partial charge on any atom is 0.0734 e. The summed E-state index contributed by atoms with van der Waals surface area (Å²) in [6.45, 7) is 0. The van der Waals surface area contributed by atoms with Crippen molar-refractivity contribution in [3.05, 3.63) is 50.0 Å². The van der Waals surface area contributed by atoms with E-state index in [0.717, 1.165) is 11.3 Å². The van der Waals surface area contributed by atoms with Gasteiger partial charge in [0.2, 0.25) is 0 Å². The van der Waals surface area contributed by atoms with Gasteiger partial charge in [-0.1, -0.05) is 58.5 Å². The van der Waals surface area contributed by atoms with Crippen molar-refractivity contribution in [2.75, 3.05) is 19.0 Å². The summed E-state index contributed by atoms with van der Waals surface area (Å²) < 4.78 is 0. The second-order valence-corrected chi connectivity index (χ2v) is 6.26. The summed E-state index contributed by atoms with van der Waals surface area (Å²) in [5.74, 6) is 0.0357. The van der Waals surface area contributed by atoms with Crippen LogP contribution in [0.2, 0.25) is 5.02 Å². The van der Waals surface area contributed by atoms with E-state index in [2.05, 4.69) is 0 Å². The van der Waals surface area contributed by atoms with Crippen LogP contribution in [0.4, 0.5) is 5.69 Å². The first-order chi connectivity index (χ1) is 8.91. The SMILES string of the molecule is CN(C)c1cccc(Cl)c1C1C=C(Cl)C(Cl)=C(Cl)C1. The third kappa shape index (κ3) is 3.05. The van der Waals surface area contributed by atoms with Crippen LogP contribution in [0.3, 0.4) is 0 Å². The lowest BCUT2D eigenvalue weighted by Gasteiger charge is -2.25. The molecule has 0 radical (unpaired) electrons. The van der Waals surface area contributed by atoms with E-state index in [9.17, 15) is 0 Å². The molecule has 0 saturated heterocycles. The van der Waals surface area contributed by atoms with E-state index < -0.39 is 0 Å². The highest BCUT2D eigenvalue weighted by atomic mass is 35.5. The number of hydrogen-bond donors (Lipinski definition) is 0. The maximum atomic E-state index is 6.35. The van der Waals surface area contributed by atoms with Gasteiger partial charge in [0.15, 0.2) is 0 Å². The first-order valence-corrected chi connectivity index (χ1v) is 7.30. The maximum absolute atomic E-state index is 6.35. The van der Waals surface area contributed by atoms with E-state index in [-0.39, 0.29) is 5.92 Å². The van der Waals surface area contributed by atoms with Crippen molar-refractivity contribution >= 4 is 52.1 Å². The van der Waals surface area contributed by atoms with Crippen LogP contribution in [0.5, 0.6) is 0 Å². The van der Waals surface area contributed by atoms with Gasteiger partial charge in [0.05, 0.1) is 10.1 Å². The van der Waals surface area contributed by atoms with Gasteiger partial charge in [-0.05, 0) is 18.6 Å². The van der Waals surface area contributed by atoms with E-state index in [1.54, 1.807) is 0 Å². The van der Waals surface area contributed by atoms with Gasteiger partial charge in [0.25, 0.3) is 0 Å². The van der Waals surface area contributed by atoms with Crippen molar-refractivity contribution in [3.63, 3.8) is 0 Å². The van der Waals surface area contributed by atoms with Gasteiger partial charge in [-0.2, -0.15) is 0 Å². The lowest BCUT2D eigenvalue weighted by molar-refractivity contribution is 0.832. The molecule has 0 saturated carbocycles. The van der Waals surface area contributed by atoms with Gasteiger partial charge in [-0.3, -0.25) is 0 Å². The Morgan fingerprint density at radius 1 is 1.11 bits per heavy atom. The predicted molar refractivity (Wildman–Crippen MR) is 85.8 cm³/mol. The molecule has 0 heterocycles. The minimum Gasteiger partial charge on any atom is -0.377 e. The lowest BCUT2D eigenvalue weighted by Crippen LogP contribution is -2.14. The van der Waals surface area contributed by atoms with Crippen molar-refractivity contribution in [1.29, 1.82) is 0 Å². The normalized spacial score (nSPS) is 19.5. The summed E-state index contributed by atoms with van der Waals surface area (Å²) in [6, 6.07) is 5.83. The van der Waals surface area contributed by atoms with E-state index in [1.165, 1.54) is 0 Å². The Morgan fingerprint density at radius 3 is 2.37 bits per heavy atom. The van der Waals surface area contributed by atoms with Crippen LogP contribution < -0.4 is 4.90 Å². The summed E-state index contributed by atoms with van der Waals surface area (Å²) in [6.07, 6.45) is 2.52. The van der Waals surface area contributed by atoms with E-state index in [0.29, 0.717) is 26.5 Å². The Morgan fingerprint density at radius 2 is 1.79 bits per heavy atom. The Balaban J connectivity index is 2.50. The molecular weight excluding hydrogens is 324 g/mol. The molecule has 1 aliphatic carbocycles. The highest BCUT2D eigenvalue weighted by molar-refractivity contribution is 6.48. The highest BCUT2D eigenvalue weighted by Gasteiger charge is 2.24. The molecule has 0 fully saturated rings. The highest BCUT2D eigenvalue weighted by Crippen LogP contribution is 2.44. The number of halogens is 4. The van der Waals surface area contributed by atoms with Gasteiger partial charge in [0.1, 0.15) is 0 Å². The third-order valence-corrected chi connectivity index (χ3v) is 4.69. The van der Waals surface area contributed by atoms with E-state index in [1.807, 2.05) is 43.3 Å². The van der Waals surface area contributed by atoms with Crippen molar-refractivity contribution < 1.29 is 0 Å². The molecule has 0 amide bonds. The van der Waals surface area contributed by atoms with Crippen LogP contribution in [0.25, 0.3) is 0 Å². The summed E-state index contributed by atoms with van der Waals surface area (Å²) in [5, 5.41) is 2.19. The van der Waals surface area contributed by atoms with Crippen LogP contribution in [0, 0.1) is 0 Å². The second kappa shape index (κ2) is 5.97. The fourth-order valence-corrected chi connectivity index (χ4v) is 3.22. The zero-order valence-corrected chi connectivity index (χ0v) is 13.6. The minimum absolute atomic E-state index is 0.0357. The summed E-state index contributed by atoms with van der Waals surface area (Å²) in [4.78, 5) is 2.02. The Labute approximate surface area is 133 Å². The molecule has 0 N–H and O–H groups in total. The zero-order valence-electron chi connectivity index (χ0n) is 10.6. The molecule has 1 aliphatic rings. The first kappa shape index (κ1) is 15.1. The molecule has 5 heteroatoms. The molecule has 0 bridgehead atoms. The van der Waals surface area contributed by atoms with Gasteiger partial charge in [-0.25, -0.2) is 0 Å². The molecular formula is C14H13Cl4N. The predicted octanol–water partition coefficient (Wildman–Crippen LogP) is 5.71. The monoisotopic (exact) mass is 335 g/mol. The number of anilines is 1. The second-order valence-electron chi connectivity index (χ2n) is 4.61. The average Bonchev–Trinajstić information content (AvgIpc) is 2.35. The lowest BCUT2D eigenvalue weighted by atomic mass is 9.90. The molecule has 1 aromatic rings. The van der Waals surface area contributed by atoms with Crippen molar-refractivity contribution in [2.24, 2.45) is 0 Å². The largest absolute Gasteiger partial charge is 0.377 e. The molecule has 1 aromatic carbocycles. The average molecular weight is 337 g/mol. The number of allylic oxidation sites excluding steroid dienone is 4. The Kier molecular flexibility index (Phi) is 4.73. The van der Waals surface area contributed by atoms with Gasteiger partial charge < -0.3 is 4.90 Å². The minimum atomic E-state index is 0.0357. The molecule has 0 aliphatic heterocycles. The van der Waals surface area contributed by atoms with Crippen LogP contribution in [0.15, 0.2) is 39.4 Å². The van der Waals surface area contributed by atoms with Gasteiger partial charge in [-0.15, -0.1) is 0 Å². The van der Waals surface area contributed by atoms with Crippen molar-refractivity contribution in [3.8, 4) is 0 Å². The fourth-order valence-electron chi connectivity index (χ4n) is 2.19. The van der Waals surface area contributed by atoms with Crippen LogP contribution in [-0.4, -0.2) is 14.1 Å². The smallest absolute Gasteiger partial charge is 0.0734 e. The molecule has 0 spiro atoms. The third-order valence-electron chi connectivity index (χ3n) is 3.08. The molecule has 0 aromatic heterocycles. The van der Waals surface area contributed by atoms with Crippen molar-refractivity contribution in [2.45, 2.75) is 12.3 Å². The van der Waals surface area contributed by atoms with Crippen LogP contribution >= 0.6 is 46.4 Å². The molecule has 102 valence electrons. The molecule has 1 nitrogen and oxygen atoms in total. The Bertz CT molecular complexity index is 561. The standard InChI is InChI=1S/C14H13Cl4N/c1-19(2)12-5-3-4-9(15)13(12)8-6-10(16)14(18)11(17)7-8/h3-6,8H,7H2,1-2H3. The summed E-state index contributed by atoms with van der Waals surface area (Å²) in [7, 11) is 3.96. The number of rotatable bonds is 2. The fraction of sp³-hybridized carbons (Fsp3) is 0.286. The zero-order chi connectivity index (χ0) is 14.2. The molecule has 1 unspecified atom stereocenters. The van der Waals surface area contributed by atoms with Crippen LogP contribution in [-0.2, 0) is 0 Å². The first-order valence-electron chi connectivity index (χ1n) is 5.79.